The van der Waals surface area contributed by atoms with Crippen molar-refractivity contribution >= 4 is 35.1 Å². The molecule has 1 amide bonds. The molecule has 0 heterocycles. The van der Waals surface area contributed by atoms with E-state index >= 15 is 0 Å². The third kappa shape index (κ3) is 4.77. The lowest BCUT2D eigenvalue weighted by Crippen LogP contribution is -2.41. The van der Waals surface area contributed by atoms with E-state index in [0.29, 0.717) is 0 Å². The largest absolute Gasteiger partial charge is 0.496 e. The molecule has 116 valence electrons. The van der Waals surface area contributed by atoms with Crippen LogP contribution in [0.25, 0.3) is 0 Å². The summed E-state index contributed by atoms with van der Waals surface area (Å²) in [6, 6.07) is 1.65. The van der Waals surface area contributed by atoms with Crippen molar-refractivity contribution < 1.29 is 24.2 Å². The molecule has 1 rings (SSSR count). The van der Waals surface area contributed by atoms with Crippen molar-refractivity contribution in [1.29, 1.82) is 0 Å². The predicted molar refractivity (Wildman–Crippen MR) is 78.4 cm³/mol. The molecule has 0 aliphatic carbocycles. The van der Waals surface area contributed by atoms with E-state index in [0.717, 1.165) is 0 Å². The van der Waals surface area contributed by atoms with Gasteiger partial charge in [0.15, 0.2) is 0 Å². The van der Waals surface area contributed by atoms with Gasteiger partial charge in [0.05, 0.1) is 22.7 Å². The van der Waals surface area contributed by atoms with Gasteiger partial charge >= 0.3 is 5.97 Å². The molecule has 2 N–H and O–H groups in total. The third-order valence-electron chi connectivity index (χ3n) is 2.70. The van der Waals surface area contributed by atoms with E-state index in [1.54, 1.807) is 0 Å². The molecule has 0 aliphatic rings. The summed E-state index contributed by atoms with van der Waals surface area (Å²) in [5.41, 5.74) is 0.107. The van der Waals surface area contributed by atoms with Crippen molar-refractivity contribution in [2.45, 2.75) is 12.5 Å². The summed E-state index contributed by atoms with van der Waals surface area (Å²) in [4.78, 5) is 23.3. The lowest BCUT2D eigenvalue weighted by molar-refractivity contribution is -0.139. The van der Waals surface area contributed by atoms with Gasteiger partial charge in [-0.3, -0.25) is 4.79 Å². The minimum atomic E-state index is -1.15. The van der Waals surface area contributed by atoms with E-state index in [1.165, 1.54) is 26.4 Å². The maximum absolute atomic E-state index is 12.2. The summed E-state index contributed by atoms with van der Waals surface area (Å²) in [7, 11) is 2.82. The lowest BCUT2D eigenvalue weighted by Gasteiger charge is -2.16. The van der Waals surface area contributed by atoms with Gasteiger partial charge < -0.3 is 19.9 Å². The summed E-state index contributed by atoms with van der Waals surface area (Å²) in [5, 5.41) is 11.9. The van der Waals surface area contributed by atoms with Crippen LogP contribution in [-0.4, -0.2) is 43.9 Å². The Morgan fingerprint density at radius 1 is 1.29 bits per heavy atom. The average Bonchev–Trinajstić information content (AvgIpc) is 2.45. The van der Waals surface area contributed by atoms with E-state index in [-0.39, 0.29) is 34.4 Å². The highest BCUT2D eigenvalue weighted by molar-refractivity contribution is 6.42. The van der Waals surface area contributed by atoms with Gasteiger partial charge in [-0.05, 0) is 6.07 Å². The normalized spacial score (nSPS) is 11.8. The number of rotatable bonds is 7. The van der Waals surface area contributed by atoms with Crippen LogP contribution in [0.5, 0.6) is 5.75 Å². The van der Waals surface area contributed by atoms with Crippen molar-refractivity contribution in [1.82, 2.24) is 5.32 Å². The summed E-state index contributed by atoms with van der Waals surface area (Å²) in [5.74, 6) is -1.56. The highest BCUT2D eigenvalue weighted by Crippen LogP contribution is 2.30. The van der Waals surface area contributed by atoms with Crippen LogP contribution in [0.4, 0.5) is 0 Å². The van der Waals surface area contributed by atoms with Crippen LogP contribution in [0, 0.1) is 0 Å². The number of carboxylic acid groups (broad SMARTS) is 1. The predicted octanol–water partition coefficient (Wildman–Crippen LogP) is 2.22. The van der Waals surface area contributed by atoms with Crippen molar-refractivity contribution in [3.63, 3.8) is 0 Å². The molecular formula is C13H15Cl2NO5. The van der Waals surface area contributed by atoms with Gasteiger partial charge in [0, 0.05) is 26.2 Å². The van der Waals surface area contributed by atoms with E-state index in [9.17, 15) is 9.59 Å². The fourth-order valence-corrected chi connectivity index (χ4v) is 1.92. The standard InChI is InChI=1S/C13H15Cl2NO5/c1-20-4-3-10(13(18)19)16-12(17)7-5-8(14)9(15)6-11(7)21-2/h5-6,10H,3-4H2,1-2H3,(H,16,17)(H,18,19). The Kier molecular flexibility index (Phi) is 6.74. The second-order valence-corrected chi connectivity index (χ2v) is 4.93. The minimum Gasteiger partial charge on any atom is -0.496 e. The zero-order valence-corrected chi connectivity index (χ0v) is 13.0. The van der Waals surface area contributed by atoms with Crippen LogP contribution in [0.15, 0.2) is 12.1 Å². The summed E-state index contributed by atoms with van der Waals surface area (Å²) in [6.45, 7) is 0.204. The Labute approximate surface area is 131 Å². The lowest BCUT2D eigenvalue weighted by atomic mass is 10.1. The molecule has 0 bridgehead atoms. The number of nitrogens with one attached hydrogen (secondary N) is 1. The zero-order chi connectivity index (χ0) is 16.0. The van der Waals surface area contributed by atoms with Crippen LogP contribution in [-0.2, 0) is 9.53 Å². The van der Waals surface area contributed by atoms with Gasteiger partial charge in [-0.2, -0.15) is 0 Å². The van der Waals surface area contributed by atoms with Gasteiger partial charge in [-0.25, -0.2) is 4.79 Å². The fraction of sp³-hybridized carbons (Fsp3) is 0.385. The second kappa shape index (κ2) is 8.07. The number of ether oxygens (including phenoxy) is 2. The number of carbonyl (C=O) groups excluding carboxylic acids is 1. The molecule has 1 aromatic rings. The smallest absolute Gasteiger partial charge is 0.326 e. The van der Waals surface area contributed by atoms with Crippen LogP contribution >= 0.6 is 23.2 Å². The number of aliphatic carboxylic acids is 1. The molecular weight excluding hydrogens is 321 g/mol. The Balaban J connectivity index is 2.96. The van der Waals surface area contributed by atoms with Crippen LogP contribution in [0.3, 0.4) is 0 Å². The van der Waals surface area contributed by atoms with Gasteiger partial charge in [0.2, 0.25) is 0 Å². The first kappa shape index (κ1) is 17.6. The summed E-state index contributed by atoms with van der Waals surface area (Å²) >= 11 is 11.7. The van der Waals surface area contributed by atoms with Crippen LogP contribution < -0.4 is 10.1 Å². The maximum Gasteiger partial charge on any atom is 0.326 e. The quantitative estimate of drug-likeness (QED) is 0.798. The zero-order valence-electron chi connectivity index (χ0n) is 11.5. The van der Waals surface area contributed by atoms with Gasteiger partial charge in [-0.15, -0.1) is 0 Å². The number of methoxy groups -OCH3 is 2. The minimum absolute atomic E-state index is 0.107. The number of benzene rings is 1. The molecule has 1 atom stereocenters. The number of carboxylic acids is 1. The summed E-state index contributed by atoms with van der Waals surface area (Å²) < 4.78 is 9.86. The fourth-order valence-electron chi connectivity index (χ4n) is 1.60. The van der Waals surface area contributed by atoms with E-state index in [1.807, 2.05) is 0 Å². The highest BCUT2D eigenvalue weighted by atomic mass is 35.5. The molecule has 1 aromatic carbocycles. The molecule has 21 heavy (non-hydrogen) atoms. The van der Waals surface area contributed by atoms with Crippen molar-refractivity contribution in [2.75, 3.05) is 20.8 Å². The number of hydrogen-bond acceptors (Lipinski definition) is 4. The second-order valence-electron chi connectivity index (χ2n) is 4.11. The monoisotopic (exact) mass is 335 g/mol. The van der Waals surface area contributed by atoms with Gasteiger partial charge in [0.25, 0.3) is 5.91 Å². The van der Waals surface area contributed by atoms with E-state index in [2.05, 4.69) is 5.32 Å². The number of hydrogen-bond donors (Lipinski definition) is 2. The Bertz CT molecular complexity index is 536. The average molecular weight is 336 g/mol. The van der Waals surface area contributed by atoms with Crippen molar-refractivity contribution in [2.24, 2.45) is 0 Å². The topological polar surface area (TPSA) is 84.9 Å². The number of carbonyl (C=O) groups is 2. The van der Waals surface area contributed by atoms with E-state index < -0.39 is 17.9 Å². The molecule has 8 heteroatoms. The Morgan fingerprint density at radius 2 is 1.90 bits per heavy atom. The highest BCUT2D eigenvalue weighted by Gasteiger charge is 2.23. The maximum atomic E-state index is 12.2. The molecule has 0 saturated heterocycles. The van der Waals surface area contributed by atoms with Crippen LogP contribution in [0.1, 0.15) is 16.8 Å². The molecule has 0 radical (unpaired) electrons. The Morgan fingerprint density at radius 3 is 2.43 bits per heavy atom. The third-order valence-corrected chi connectivity index (χ3v) is 3.42. The molecule has 0 saturated carbocycles. The molecule has 0 aliphatic heterocycles. The first-order valence-corrected chi connectivity index (χ1v) is 6.72. The number of amides is 1. The SMILES string of the molecule is COCCC(NC(=O)c1cc(Cl)c(Cl)cc1OC)C(=O)O. The molecule has 6 nitrogen and oxygen atoms in total. The first-order chi connectivity index (χ1) is 9.90. The van der Waals surface area contributed by atoms with Crippen LogP contribution in [0.2, 0.25) is 10.0 Å². The summed E-state index contributed by atoms with van der Waals surface area (Å²) in [6.07, 6.45) is 0.140. The van der Waals surface area contributed by atoms with E-state index in [4.69, 9.17) is 37.8 Å². The molecule has 0 spiro atoms. The molecule has 0 fully saturated rings. The first-order valence-electron chi connectivity index (χ1n) is 5.96. The Hall–Kier alpha value is -1.50. The molecule has 0 aromatic heterocycles. The van der Waals surface area contributed by atoms with Crippen molar-refractivity contribution in [3.8, 4) is 5.75 Å². The van der Waals surface area contributed by atoms with Gasteiger partial charge in [0.1, 0.15) is 11.8 Å². The van der Waals surface area contributed by atoms with Crippen molar-refractivity contribution in [3.05, 3.63) is 27.7 Å². The van der Waals surface area contributed by atoms with Gasteiger partial charge in [-0.1, -0.05) is 23.2 Å². The number of halogens is 2. The molecule has 1 unspecified atom stereocenters.